The Hall–Kier alpha value is -2.89. The number of piperidine rings is 1. The molecule has 0 spiro atoms. The molecule has 1 fully saturated rings. The van der Waals surface area contributed by atoms with E-state index in [1.807, 2.05) is 0 Å². The van der Waals surface area contributed by atoms with Crippen molar-refractivity contribution in [3.05, 3.63) is 48.5 Å². The van der Waals surface area contributed by atoms with Crippen LogP contribution in [0.4, 0.5) is 5.69 Å². The number of rotatable bonds is 8. The summed E-state index contributed by atoms with van der Waals surface area (Å²) in [7, 11) is -2.01. The highest BCUT2D eigenvalue weighted by Gasteiger charge is 2.26. The molecule has 1 aliphatic rings. The van der Waals surface area contributed by atoms with E-state index in [0.29, 0.717) is 30.1 Å². The van der Waals surface area contributed by atoms with Gasteiger partial charge in [0.15, 0.2) is 0 Å². The lowest BCUT2D eigenvalue weighted by molar-refractivity contribution is -0.113. The van der Waals surface area contributed by atoms with Crippen LogP contribution in [0, 0.1) is 0 Å². The van der Waals surface area contributed by atoms with Crippen LogP contribution in [0.1, 0.15) is 19.3 Å². The quantitative estimate of drug-likeness (QED) is 0.478. The molecule has 1 saturated heterocycles. The monoisotopic (exact) mass is 488 g/mol. The molecule has 1 amide bonds. The third kappa shape index (κ3) is 5.73. The van der Waals surface area contributed by atoms with E-state index in [2.05, 4.69) is 15.5 Å². The van der Waals surface area contributed by atoms with Crippen molar-refractivity contribution in [2.75, 3.05) is 31.3 Å². The molecule has 174 valence electrons. The van der Waals surface area contributed by atoms with Gasteiger partial charge in [-0.2, -0.15) is 4.31 Å². The Balaban J connectivity index is 1.40. The number of benzene rings is 2. The number of ether oxygens (including phenoxy) is 1. The van der Waals surface area contributed by atoms with Crippen LogP contribution >= 0.6 is 11.8 Å². The molecule has 1 aliphatic heterocycles. The first-order valence-electron chi connectivity index (χ1n) is 10.5. The van der Waals surface area contributed by atoms with Gasteiger partial charge in [0.1, 0.15) is 5.75 Å². The smallest absolute Gasteiger partial charge is 0.277 e. The van der Waals surface area contributed by atoms with Crippen LogP contribution in [0.2, 0.25) is 0 Å². The summed E-state index contributed by atoms with van der Waals surface area (Å²) in [6.45, 7) is 1.07. The minimum atomic E-state index is -3.57. The number of nitrogens with zero attached hydrogens (tertiary/aromatic N) is 3. The van der Waals surface area contributed by atoms with Crippen LogP contribution in [0.5, 0.6) is 5.75 Å². The molecule has 2 heterocycles. The van der Waals surface area contributed by atoms with Crippen LogP contribution in [0.25, 0.3) is 11.5 Å². The van der Waals surface area contributed by atoms with E-state index < -0.39 is 10.0 Å². The van der Waals surface area contributed by atoms with Crippen molar-refractivity contribution in [3.63, 3.8) is 0 Å². The molecule has 11 heteroatoms. The van der Waals surface area contributed by atoms with Crippen LogP contribution in [-0.2, 0) is 14.8 Å². The number of thioether (sulfide) groups is 1. The van der Waals surface area contributed by atoms with Gasteiger partial charge in [0.05, 0.1) is 17.8 Å². The number of sulfonamides is 1. The molecule has 1 N–H and O–H groups in total. The van der Waals surface area contributed by atoms with Crippen LogP contribution in [-0.4, -0.2) is 54.8 Å². The topological polar surface area (TPSA) is 115 Å². The molecule has 1 aromatic heterocycles. The van der Waals surface area contributed by atoms with Gasteiger partial charge in [-0.3, -0.25) is 4.79 Å². The summed E-state index contributed by atoms with van der Waals surface area (Å²) in [6, 6.07) is 13.5. The molecule has 0 atom stereocenters. The SMILES string of the molecule is COc1cccc(NC(=O)CSc2nnc(-c3cccc(S(=O)(=O)N4CCCCC4)c3)o2)c1. The number of methoxy groups -OCH3 is 1. The fraction of sp³-hybridized carbons (Fsp3) is 0.318. The van der Waals surface area contributed by atoms with Gasteiger partial charge in [0, 0.05) is 30.4 Å². The minimum absolute atomic E-state index is 0.0716. The number of hydrogen-bond acceptors (Lipinski definition) is 8. The van der Waals surface area contributed by atoms with E-state index in [9.17, 15) is 13.2 Å². The summed E-state index contributed by atoms with van der Waals surface area (Å²) in [5.74, 6) is 0.679. The summed E-state index contributed by atoms with van der Waals surface area (Å²) in [5, 5.41) is 11.0. The third-order valence-electron chi connectivity index (χ3n) is 5.12. The predicted octanol–water partition coefficient (Wildman–Crippen LogP) is 3.65. The molecular weight excluding hydrogens is 464 g/mol. The summed E-state index contributed by atoms with van der Waals surface area (Å²) in [5.41, 5.74) is 1.13. The molecule has 0 aliphatic carbocycles. The second-order valence-corrected chi connectivity index (χ2v) is 10.3. The largest absolute Gasteiger partial charge is 0.497 e. The maximum absolute atomic E-state index is 12.9. The van der Waals surface area contributed by atoms with Crippen LogP contribution in [0.3, 0.4) is 0 Å². The second-order valence-electron chi connectivity index (χ2n) is 7.43. The number of amides is 1. The highest BCUT2D eigenvalue weighted by Crippen LogP contribution is 2.27. The first kappa shape index (κ1) is 23.3. The molecule has 2 aromatic carbocycles. The molecule has 0 saturated carbocycles. The summed E-state index contributed by atoms with van der Waals surface area (Å²) in [6.07, 6.45) is 2.79. The van der Waals surface area contributed by atoms with E-state index in [1.165, 1.54) is 4.31 Å². The predicted molar refractivity (Wildman–Crippen MR) is 125 cm³/mol. The molecule has 33 heavy (non-hydrogen) atoms. The van der Waals surface area contributed by atoms with Crippen molar-refractivity contribution in [1.82, 2.24) is 14.5 Å². The Kier molecular flexibility index (Phi) is 7.31. The number of carbonyl (C=O) groups excluding carboxylic acids is 1. The maximum atomic E-state index is 12.9. The zero-order chi connectivity index (χ0) is 23.3. The van der Waals surface area contributed by atoms with E-state index in [0.717, 1.165) is 31.0 Å². The average molecular weight is 489 g/mol. The van der Waals surface area contributed by atoms with Gasteiger partial charge in [-0.25, -0.2) is 8.42 Å². The summed E-state index contributed by atoms with van der Waals surface area (Å²) < 4.78 is 38.2. The Morgan fingerprint density at radius 2 is 1.91 bits per heavy atom. The molecule has 0 radical (unpaired) electrons. The van der Waals surface area contributed by atoms with Gasteiger partial charge in [-0.15, -0.1) is 10.2 Å². The third-order valence-corrected chi connectivity index (χ3v) is 7.83. The Labute approximate surface area is 196 Å². The van der Waals surface area contributed by atoms with Crippen molar-refractivity contribution in [2.45, 2.75) is 29.4 Å². The van der Waals surface area contributed by atoms with Crippen molar-refractivity contribution in [3.8, 4) is 17.2 Å². The summed E-state index contributed by atoms with van der Waals surface area (Å²) in [4.78, 5) is 12.4. The minimum Gasteiger partial charge on any atom is -0.497 e. The zero-order valence-electron chi connectivity index (χ0n) is 18.1. The van der Waals surface area contributed by atoms with Gasteiger partial charge in [-0.05, 0) is 43.2 Å². The molecule has 0 bridgehead atoms. The number of anilines is 1. The Morgan fingerprint density at radius 3 is 2.70 bits per heavy atom. The number of carbonyl (C=O) groups is 1. The fourth-order valence-corrected chi connectivity index (χ4v) is 5.58. The highest BCUT2D eigenvalue weighted by atomic mass is 32.2. The van der Waals surface area contributed by atoms with Gasteiger partial charge in [0.2, 0.25) is 21.8 Å². The molecular formula is C22H24N4O5S2. The number of hydrogen-bond donors (Lipinski definition) is 1. The average Bonchev–Trinajstić information content (AvgIpc) is 3.33. The number of nitrogens with one attached hydrogen (secondary N) is 1. The van der Waals surface area contributed by atoms with E-state index >= 15 is 0 Å². The van der Waals surface area contributed by atoms with Gasteiger partial charge in [-0.1, -0.05) is 30.3 Å². The Morgan fingerprint density at radius 1 is 1.12 bits per heavy atom. The van der Waals surface area contributed by atoms with E-state index in [-0.39, 0.29) is 27.7 Å². The second kappa shape index (κ2) is 10.4. The van der Waals surface area contributed by atoms with Crippen molar-refractivity contribution >= 4 is 33.4 Å². The van der Waals surface area contributed by atoms with Crippen LogP contribution < -0.4 is 10.1 Å². The van der Waals surface area contributed by atoms with Gasteiger partial charge < -0.3 is 14.5 Å². The highest BCUT2D eigenvalue weighted by molar-refractivity contribution is 7.99. The van der Waals surface area contributed by atoms with Gasteiger partial charge in [0.25, 0.3) is 5.22 Å². The lowest BCUT2D eigenvalue weighted by Gasteiger charge is -2.25. The summed E-state index contributed by atoms with van der Waals surface area (Å²) >= 11 is 1.10. The van der Waals surface area contributed by atoms with E-state index in [1.54, 1.807) is 55.6 Å². The standard InChI is InChI=1S/C22H24N4O5S2/c1-30-18-9-6-8-17(14-18)23-20(27)15-32-22-25-24-21(31-22)16-7-5-10-19(13-16)33(28,29)26-11-3-2-4-12-26/h5-10,13-14H,2-4,11-12,15H2,1H3,(H,23,27). The zero-order valence-corrected chi connectivity index (χ0v) is 19.7. The lowest BCUT2D eigenvalue weighted by atomic mass is 10.2. The van der Waals surface area contributed by atoms with Crippen molar-refractivity contribution < 1.29 is 22.4 Å². The molecule has 4 rings (SSSR count). The molecule has 9 nitrogen and oxygen atoms in total. The molecule has 0 unspecified atom stereocenters. The van der Waals surface area contributed by atoms with Crippen LogP contribution in [0.15, 0.2) is 63.1 Å². The number of aromatic nitrogens is 2. The lowest BCUT2D eigenvalue weighted by Crippen LogP contribution is -2.35. The maximum Gasteiger partial charge on any atom is 0.277 e. The van der Waals surface area contributed by atoms with Crippen molar-refractivity contribution in [2.24, 2.45) is 0 Å². The van der Waals surface area contributed by atoms with E-state index in [4.69, 9.17) is 9.15 Å². The van der Waals surface area contributed by atoms with Gasteiger partial charge >= 0.3 is 0 Å². The molecule has 3 aromatic rings. The Bertz CT molecular complexity index is 1220. The fourth-order valence-electron chi connectivity index (χ4n) is 3.45. The van der Waals surface area contributed by atoms with Crippen molar-refractivity contribution in [1.29, 1.82) is 0 Å². The normalized spacial score (nSPS) is 14.7. The first-order valence-corrected chi connectivity index (χ1v) is 12.9. The first-order chi connectivity index (χ1) is 16.0.